The number of anilines is 1. The predicted octanol–water partition coefficient (Wildman–Crippen LogP) is 1.52. The Balaban J connectivity index is 1.99. The second-order valence-corrected chi connectivity index (χ2v) is 6.04. The van der Waals surface area contributed by atoms with Crippen LogP contribution in [0.1, 0.15) is 29.6 Å². The largest absolute Gasteiger partial charge is 0.345 e. The average Bonchev–Trinajstić information content (AvgIpc) is 2.85. The number of nitrogens with one attached hydrogen (secondary N) is 1. The number of hydrogen-bond donors (Lipinski definition) is 1. The summed E-state index contributed by atoms with van der Waals surface area (Å²) < 4.78 is 0. The van der Waals surface area contributed by atoms with Crippen LogP contribution in [0, 0.1) is 0 Å². The van der Waals surface area contributed by atoms with E-state index in [2.05, 4.69) is 5.32 Å². The Morgan fingerprint density at radius 1 is 1.21 bits per heavy atom. The van der Waals surface area contributed by atoms with Crippen LogP contribution in [0.3, 0.4) is 0 Å². The maximum atomic E-state index is 12.0. The Kier molecular flexibility index (Phi) is 5.56. The van der Waals surface area contributed by atoms with Gasteiger partial charge in [0, 0.05) is 45.6 Å². The fourth-order valence-corrected chi connectivity index (χ4v) is 2.52. The van der Waals surface area contributed by atoms with E-state index in [-0.39, 0.29) is 55.0 Å². The first-order valence-electron chi connectivity index (χ1n) is 7.44. The lowest BCUT2D eigenvalue weighted by atomic mass is 10.1. The maximum Gasteiger partial charge on any atom is 0.254 e. The summed E-state index contributed by atoms with van der Waals surface area (Å²) >= 11 is 6.01. The molecule has 0 bridgehead atoms. The molecule has 7 nitrogen and oxygen atoms in total. The number of amides is 4. The van der Waals surface area contributed by atoms with E-state index in [1.54, 1.807) is 20.2 Å². The molecule has 0 aromatic heterocycles. The van der Waals surface area contributed by atoms with Crippen LogP contribution >= 0.6 is 11.6 Å². The SMILES string of the molecule is CN(C)C(=O)c1cc(NC(=O)CCN2C(=O)CCC2=O)ccc1Cl. The van der Waals surface area contributed by atoms with Gasteiger partial charge in [-0.1, -0.05) is 11.6 Å². The van der Waals surface area contributed by atoms with Crippen molar-refractivity contribution >= 4 is 40.9 Å². The molecule has 24 heavy (non-hydrogen) atoms. The minimum absolute atomic E-state index is 0.00291. The number of rotatable bonds is 5. The van der Waals surface area contributed by atoms with Crippen molar-refractivity contribution in [1.29, 1.82) is 0 Å². The number of likely N-dealkylation sites (tertiary alicyclic amines) is 1. The quantitative estimate of drug-likeness (QED) is 0.815. The van der Waals surface area contributed by atoms with Gasteiger partial charge >= 0.3 is 0 Å². The first-order chi connectivity index (χ1) is 11.3. The van der Waals surface area contributed by atoms with Crippen molar-refractivity contribution in [3.05, 3.63) is 28.8 Å². The van der Waals surface area contributed by atoms with Gasteiger partial charge in [-0.05, 0) is 18.2 Å². The Morgan fingerprint density at radius 3 is 2.42 bits per heavy atom. The molecular formula is C16H18ClN3O4. The zero-order valence-electron chi connectivity index (χ0n) is 13.5. The zero-order chi connectivity index (χ0) is 17.9. The fraction of sp³-hybridized carbons (Fsp3) is 0.375. The van der Waals surface area contributed by atoms with Crippen LogP contribution in [-0.2, 0) is 14.4 Å². The molecule has 0 spiro atoms. The molecule has 1 saturated heterocycles. The first-order valence-corrected chi connectivity index (χ1v) is 7.81. The summed E-state index contributed by atoms with van der Waals surface area (Å²) in [5, 5.41) is 2.93. The molecule has 0 radical (unpaired) electrons. The van der Waals surface area contributed by atoms with Crippen LogP contribution in [0.5, 0.6) is 0 Å². The summed E-state index contributed by atoms with van der Waals surface area (Å²) in [5.41, 5.74) is 0.707. The zero-order valence-corrected chi connectivity index (χ0v) is 14.2. The Bertz CT molecular complexity index is 687. The highest BCUT2D eigenvalue weighted by Gasteiger charge is 2.28. The van der Waals surface area contributed by atoms with E-state index < -0.39 is 0 Å². The van der Waals surface area contributed by atoms with E-state index in [4.69, 9.17) is 11.6 Å². The molecule has 8 heteroatoms. The molecule has 2 rings (SSSR count). The van der Waals surface area contributed by atoms with Crippen molar-refractivity contribution in [1.82, 2.24) is 9.80 Å². The van der Waals surface area contributed by atoms with Crippen LogP contribution in [0.15, 0.2) is 18.2 Å². The lowest BCUT2D eigenvalue weighted by Gasteiger charge is -2.15. The highest BCUT2D eigenvalue weighted by molar-refractivity contribution is 6.34. The normalized spacial score (nSPS) is 14.0. The van der Waals surface area contributed by atoms with Gasteiger partial charge in [0.05, 0.1) is 10.6 Å². The predicted molar refractivity (Wildman–Crippen MR) is 88.7 cm³/mol. The van der Waals surface area contributed by atoms with E-state index in [0.29, 0.717) is 10.7 Å². The third-order valence-corrected chi connectivity index (χ3v) is 3.93. The average molecular weight is 352 g/mol. The van der Waals surface area contributed by atoms with Crippen molar-refractivity contribution in [3.63, 3.8) is 0 Å². The van der Waals surface area contributed by atoms with Crippen LogP contribution in [0.2, 0.25) is 5.02 Å². The molecule has 128 valence electrons. The second-order valence-electron chi connectivity index (χ2n) is 5.63. The molecule has 1 aliphatic rings. The Labute approximate surface area is 144 Å². The number of nitrogens with zero attached hydrogens (tertiary/aromatic N) is 2. The third kappa shape index (κ3) is 4.11. The van der Waals surface area contributed by atoms with E-state index >= 15 is 0 Å². The van der Waals surface area contributed by atoms with Gasteiger partial charge in [0.1, 0.15) is 0 Å². The number of benzene rings is 1. The van der Waals surface area contributed by atoms with E-state index in [1.165, 1.54) is 17.0 Å². The smallest absolute Gasteiger partial charge is 0.254 e. The highest BCUT2D eigenvalue weighted by atomic mass is 35.5. The van der Waals surface area contributed by atoms with Crippen molar-refractivity contribution in [2.24, 2.45) is 0 Å². The van der Waals surface area contributed by atoms with Gasteiger partial charge in [-0.3, -0.25) is 24.1 Å². The summed E-state index contributed by atoms with van der Waals surface area (Å²) in [5.74, 6) is -1.13. The molecule has 1 N–H and O–H groups in total. The molecule has 0 unspecified atom stereocenters. The van der Waals surface area contributed by atoms with Crippen molar-refractivity contribution < 1.29 is 19.2 Å². The molecule has 1 aromatic rings. The van der Waals surface area contributed by atoms with Crippen LogP contribution in [-0.4, -0.2) is 54.1 Å². The molecular weight excluding hydrogens is 334 g/mol. The van der Waals surface area contributed by atoms with Gasteiger partial charge in [-0.25, -0.2) is 0 Å². The topological polar surface area (TPSA) is 86.8 Å². The van der Waals surface area contributed by atoms with Gasteiger partial charge in [-0.2, -0.15) is 0 Å². The van der Waals surface area contributed by atoms with Gasteiger partial charge in [0.15, 0.2) is 0 Å². The van der Waals surface area contributed by atoms with Gasteiger partial charge < -0.3 is 10.2 Å². The molecule has 0 atom stereocenters. The summed E-state index contributed by atoms with van der Waals surface area (Å²) in [4.78, 5) is 49.5. The minimum Gasteiger partial charge on any atom is -0.345 e. The standard InChI is InChI=1S/C16H18ClN3O4/c1-19(2)16(24)11-9-10(3-4-12(11)17)18-13(21)7-8-20-14(22)5-6-15(20)23/h3-4,9H,5-8H2,1-2H3,(H,18,21). The number of hydrogen-bond acceptors (Lipinski definition) is 4. The summed E-state index contributed by atoms with van der Waals surface area (Å²) in [7, 11) is 3.21. The van der Waals surface area contributed by atoms with Crippen molar-refractivity contribution in [3.8, 4) is 0 Å². The Hall–Kier alpha value is -2.41. The summed E-state index contributed by atoms with van der Waals surface area (Å²) in [6.07, 6.45) is 0.401. The van der Waals surface area contributed by atoms with Gasteiger partial charge in [0.2, 0.25) is 17.7 Å². The van der Waals surface area contributed by atoms with E-state index in [0.717, 1.165) is 4.90 Å². The van der Waals surface area contributed by atoms with Crippen molar-refractivity contribution in [2.75, 3.05) is 26.0 Å². The maximum absolute atomic E-state index is 12.0. The summed E-state index contributed by atoms with van der Waals surface area (Å²) in [6.45, 7) is 0.0561. The third-order valence-electron chi connectivity index (χ3n) is 3.60. The fourth-order valence-electron chi connectivity index (χ4n) is 2.32. The highest BCUT2D eigenvalue weighted by Crippen LogP contribution is 2.22. The van der Waals surface area contributed by atoms with Crippen LogP contribution < -0.4 is 5.32 Å². The van der Waals surface area contributed by atoms with E-state index in [1.807, 2.05) is 0 Å². The van der Waals surface area contributed by atoms with Gasteiger partial charge in [0.25, 0.3) is 5.91 Å². The first kappa shape index (κ1) is 17.9. The second kappa shape index (κ2) is 7.44. The monoisotopic (exact) mass is 351 g/mol. The minimum atomic E-state index is -0.354. The molecule has 1 fully saturated rings. The molecule has 0 saturated carbocycles. The number of carbonyl (C=O) groups is 4. The molecule has 4 amide bonds. The number of halogens is 1. The number of carbonyl (C=O) groups excluding carboxylic acids is 4. The lowest BCUT2D eigenvalue weighted by Crippen LogP contribution is -2.32. The van der Waals surface area contributed by atoms with E-state index in [9.17, 15) is 19.2 Å². The Morgan fingerprint density at radius 2 is 1.83 bits per heavy atom. The number of imide groups is 1. The molecule has 1 aromatic carbocycles. The molecule has 1 aliphatic heterocycles. The van der Waals surface area contributed by atoms with Crippen molar-refractivity contribution in [2.45, 2.75) is 19.3 Å². The summed E-state index contributed by atoms with van der Waals surface area (Å²) in [6, 6.07) is 4.61. The van der Waals surface area contributed by atoms with Crippen LogP contribution in [0.25, 0.3) is 0 Å². The molecule has 0 aliphatic carbocycles. The lowest BCUT2D eigenvalue weighted by molar-refractivity contribution is -0.138. The molecule has 1 heterocycles. The van der Waals surface area contributed by atoms with Gasteiger partial charge in [-0.15, -0.1) is 0 Å². The van der Waals surface area contributed by atoms with Crippen LogP contribution in [0.4, 0.5) is 5.69 Å².